The van der Waals surface area contributed by atoms with E-state index in [9.17, 15) is 9.90 Å². The zero-order valence-electron chi connectivity index (χ0n) is 24.4. The number of carbonyl (C=O) groups is 1. The van der Waals surface area contributed by atoms with Crippen LogP contribution in [0.4, 0.5) is 0 Å². The van der Waals surface area contributed by atoms with Gasteiger partial charge in [0.2, 0.25) is 18.8 Å². The molecule has 2 aliphatic heterocycles. The Labute approximate surface area is 240 Å². The van der Waals surface area contributed by atoms with Crippen LogP contribution in [0.1, 0.15) is 62.8 Å². The van der Waals surface area contributed by atoms with Crippen LogP contribution in [0, 0.1) is 23.7 Å². The van der Waals surface area contributed by atoms with E-state index in [4.69, 9.17) is 33.2 Å². The van der Waals surface area contributed by atoms with Crippen molar-refractivity contribution in [1.29, 1.82) is 0 Å². The smallest absolute Gasteiger partial charge is 0.337 e. The molecule has 1 saturated heterocycles. The van der Waals surface area contributed by atoms with Gasteiger partial charge in [-0.25, -0.2) is 4.79 Å². The highest BCUT2D eigenvalue weighted by molar-refractivity contribution is 6.06. The first-order chi connectivity index (χ1) is 19.7. The largest absolute Gasteiger partial charge is 0.493 e. The third kappa shape index (κ3) is 4.59. The SMILES string of the molecule is COc1cc(C2=C3C(=O)O[C@@H](O[C@@H]4C[C@H](C)CC[C@H]4C(C)C)[C@@H]3[C@@H](O)c3cc4c(cc32)OCO4)cc(OC)c1OC. The molecular formula is C32H38O9. The van der Waals surface area contributed by atoms with Gasteiger partial charge in [0.15, 0.2) is 23.0 Å². The number of esters is 1. The van der Waals surface area contributed by atoms with Gasteiger partial charge in [-0.2, -0.15) is 0 Å². The maximum atomic E-state index is 13.7. The van der Waals surface area contributed by atoms with Crippen molar-refractivity contribution in [2.75, 3.05) is 28.1 Å². The van der Waals surface area contributed by atoms with Gasteiger partial charge in [0.1, 0.15) is 0 Å². The molecule has 2 aromatic rings. The molecule has 4 aliphatic rings. The molecule has 9 heteroatoms. The van der Waals surface area contributed by atoms with Gasteiger partial charge >= 0.3 is 5.97 Å². The standard InChI is InChI=1S/C32H38O9/c1-15(2)18-8-7-16(3)9-21(18)40-32-28-27(31(34)41-32)26(17-10-24(35-4)30(37-6)25(11-17)36-5)19-12-22-23(39-14-38-22)13-20(19)29(28)33/h10-13,15-16,18,21,28-29,32-33H,7-9,14H2,1-6H3/t16-,18+,21-,28+,29+,32-/m1/s1. The normalized spacial score (nSPS) is 28.3. The highest BCUT2D eigenvalue weighted by Gasteiger charge is 2.52. The molecule has 6 atom stereocenters. The number of cyclic esters (lactones) is 1. The fourth-order valence-electron chi connectivity index (χ4n) is 6.94. The van der Waals surface area contributed by atoms with E-state index in [0.29, 0.717) is 74.3 Å². The highest BCUT2D eigenvalue weighted by Crippen LogP contribution is 2.54. The minimum atomic E-state index is -1.06. The molecule has 2 heterocycles. The summed E-state index contributed by atoms with van der Waals surface area (Å²) in [7, 11) is 4.63. The molecule has 0 amide bonds. The van der Waals surface area contributed by atoms with Crippen LogP contribution in [0.25, 0.3) is 5.57 Å². The van der Waals surface area contributed by atoms with E-state index in [1.165, 1.54) is 7.11 Å². The third-order valence-corrected chi connectivity index (χ3v) is 9.04. The number of hydrogen-bond acceptors (Lipinski definition) is 9. The van der Waals surface area contributed by atoms with E-state index >= 15 is 0 Å². The zero-order chi connectivity index (χ0) is 29.0. The lowest BCUT2D eigenvalue weighted by Gasteiger charge is -2.39. The number of benzene rings is 2. The third-order valence-electron chi connectivity index (χ3n) is 9.04. The summed E-state index contributed by atoms with van der Waals surface area (Å²) in [4.78, 5) is 13.7. The van der Waals surface area contributed by atoms with Gasteiger partial charge in [0.25, 0.3) is 0 Å². The number of hydrogen-bond donors (Lipinski definition) is 1. The summed E-state index contributed by atoms with van der Waals surface area (Å²) in [6.45, 7) is 6.73. The van der Waals surface area contributed by atoms with Crippen LogP contribution in [0.2, 0.25) is 0 Å². The molecule has 9 nitrogen and oxygen atoms in total. The number of rotatable bonds is 7. The topological polar surface area (TPSA) is 102 Å². The van der Waals surface area contributed by atoms with Gasteiger partial charge in [-0.1, -0.05) is 27.2 Å². The van der Waals surface area contributed by atoms with Crippen LogP contribution in [-0.2, 0) is 14.3 Å². The Kier molecular flexibility index (Phi) is 7.28. The maximum absolute atomic E-state index is 13.7. The number of aliphatic hydroxyl groups is 1. The Morgan fingerprint density at radius 1 is 0.951 bits per heavy atom. The van der Waals surface area contributed by atoms with Crippen LogP contribution in [-0.4, -0.2) is 51.6 Å². The van der Waals surface area contributed by atoms with Crippen LogP contribution in [0.5, 0.6) is 28.7 Å². The zero-order valence-corrected chi connectivity index (χ0v) is 24.4. The molecule has 6 rings (SSSR count). The molecule has 2 fully saturated rings. The summed E-state index contributed by atoms with van der Waals surface area (Å²) in [5.74, 6) is 2.41. The predicted molar refractivity (Wildman–Crippen MR) is 149 cm³/mol. The lowest BCUT2D eigenvalue weighted by molar-refractivity contribution is -0.203. The average Bonchev–Trinajstić information content (AvgIpc) is 3.55. The average molecular weight is 567 g/mol. The van der Waals surface area contributed by atoms with Gasteiger partial charge in [-0.15, -0.1) is 0 Å². The molecular weight excluding hydrogens is 528 g/mol. The van der Waals surface area contributed by atoms with Crippen LogP contribution >= 0.6 is 0 Å². The van der Waals surface area contributed by atoms with E-state index in [1.54, 1.807) is 32.4 Å². The van der Waals surface area contributed by atoms with E-state index < -0.39 is 24.3 Å². The summed E-state index contributed by atoms with van der Waals surface area (Å²) < 4.78 is 40.8. The Bertz CT molecular complexity index is 1350. The van der Waals surface area contributed by atoms with Crippen molar-refractivity contribution in [3.63, 3.8) is 0 Å². The number of carbonyl (C=O) groups excluding carboxylic acids is 1. The monoisotopic (exact) mass is 566 g/mol. The second-order valence-corrected chi connectivity index (χ2v) is 11.7. The molecule has 0 radical (unpaired) electrons. The van der Waals surface area contributed by atoms with Crippen molar-refractivity contribution in [1.82, 2.24) is 0 Å². The van der Waals surface area contributed by atoms with Gasteiger partial charge in [-0.3, -0.25) is 0 Å². The molecule has 220 valence electrons. The number of fused-ring (bicyclic) bond motifs is 3. The molecule has 1 saturated carbocycles. The van der Waals surface area contributed by atoms with Crippen LogP contribution in [0.15, 0.2) is 29.8 Å². The quantitative estimate of drug-likeness (QED) is 0.449. The van der Waals surface area contributed by atoms with E-state index in [-0.39, 0.29) is 12.9 Å². The van der Waals surface area contributed by atoms with Crippen molar-refractivity contribution in [3.8, 4) is 28.7 Å². The van der Waals surface area contributed by atoms with Crippen LogP contribution < -0.4 is 23.7 Å². The molecule has 41 heavy (non-hydrogen) atoms. The van der Waals surface area contributed by atoms with Crippen molar-refractivity contribution < 1.29 is 43.1 Å². The fraction of sp³-hybridized carbons (Fsp3) is 0.531. The number of ether oxygens (including phenoxy) is 7. The molecule has 2 aliphatic carbocycles. The first kappa shape index (κ1) is 27.7. The second kappa shape index (κ2) is 10.8. The Balaban J connectivity index is 1.51. The highest BCUT2D eigenvalue weighted by atomic mass is 16.7. The van der Waals surface area contributed by atoms with E-state index in [0.717, 1.165) is 19.3 Å². The van der Waals surface area contributed by atoms with Crippen molar-refractivity contribution >= 4 is 11.5 Å². The van der Waals surface area contributed by atoms with E-state index in [2.05, 4.69) is 20.8 Å². The van der Waals surface area contributed by atoms with Crippen molar-refractivity contribution in [2.45, 2.75) is 58.5 Å². The second-order valence-electron chi connectivity index (χ2n) is 11.7. The molecule has 1 N–H and O–H groups in total. The summed E-state index contributed by atoms with van der Waals surface area (Å²) in [5.41, 5.74) is 2.85. The van der Waals surface area contributed by atoms with Crippen molar-refractivity contribution in [3.05, 3.63) is 46.5 Å². The van der Waals surface area contributed by atoms with E-state index in [1.807, 2.05) is 6.07 Å². The number of aliphatic hydroxyl groups excluding tert-OH is 1. The molecule has 0 unspecified atom stereocenters. The molecule has 0 spiro atoms. The predicted octanol–water partition coefficient (Wildman–Crippen LogP) is 5.27. The van der Waals surface area contributed by atoms with Gasteiger partial charge in [-0.05, 0) is 71.6 Å². The summed E-state index contributed by atoms with van der Waals surface area (Å²) in [5, 5.41) is 11.8. The van der Waals surface area contributed by atoms with Crippen molar-refractivity contribution in [2.24, 2.45) is 23.7 Å². The maximum Gasteiger partial charge on any atom is 0.337 e. The number of methoxy groups -OCH3 is 3. The van der Waals surface area contributed by atoms with Crippen LogP contribution in [0.3, 0.4) is 0 Å². The molecule has 0 bridgehead atoms. The lowest BCUT2D eigenvalue weighted by atomic mass is 9.74. The molecule has 2 aromatic carbocycles. The minimum Gasteiger partial charge on any atom is -0.493 e. The minimum absolute atomic E-state index is 0.0779. The Morgan fingerprint density at radius 2 is 1.63 bits per heavy atom. The summed E-state index contributed by atoms with van der Waals surface area (Å²) >= 11 is 0. The summed E-state index contributed by atoms with van der Waals surface area (Å²) in [6, 6.07) is 7.19. The van der Waals surface area contributed by atoms with Gasteiger partial charge in [0, 0.05) is 5.57 Å². The molecule has 0 aromatic heterocycles. The van der Waals surface area contributed by atoms with Gasteiger partial charge in [0.05, 0.1) is 45.0 Å². The lowest BCUT2D eigenvalue weighted by Crippen LogP contribution is -2.40. The first-order valence-electron chi connectivity index (χ1n) is 14.3. The Hall–Kier alpha value is -3.43. The fourth-order valence-corrected chi connectivity index (χ4v) is 6.94. The Morgan fingerprint density at radius 3 is 2.27 bits per heavy atom. The van der Waals surface area contributed by atoms with Gasteiger partial charge < -0.3 is 38.3 Å². The first-order valence-corrected chi connectivity index (χ1v) is 14.3. The summed E-state index contributed by atoms with van der Waals surface area (Å²) in [6.07, 6.45) is 1.02.